The Kier molecular flexibility index (Phi) is 1.76. The van der Waals surface area contributed by atoms with Crippen LogP contribution in [0.4, 0.5) is 0 Å². The number of carbonyl (C=O) groups is 2. The minimum Gasteiger partial charge on any atom is -0.291 e. The quantitative estimate of drug-likeness (QED) is 0.522. The molecule has 3 atom stereocenters. The van der Waals surface area contributed by atoms with Gasteiger partial charge in [0.25, 0.3) is 0 Å². The summed E-state index contributed by atoms with van der Waals surface area (Å²) in [6, 6.07) is 0. The minimum absolute atomic E-state index is 0.0237. The molecular formula is C10H13BrO2. The van der Waals surface area contributed by atoms with Crippen molar-refractivity contribution in [3.8, 4) is 0 Å². The number of halogens is 1. The molecule has 2 bridgehead atoms. The maximum absolute atomic E-state index is 11.7. The Morgan fingerprint density at radius 2 is 2.08 bits per heavy atom. The third-order valence-electron chi connectivity index (χ3n) is 4.28. The zero-order chi connectivity index (χ0) is 9.85. The van der Waals surface area contributed by atoms with Crippen LogP contribution in [0.25, 0.3) is 0 Å². The van der Waals surface area contributed by atoms with E-state index in [1.807, 2.05) is 6.92 Å². The van der Waals surface area contributed by atoms with Crippen molar-refractivity contribution >= 4 is 27.5 Å². The molecule has 0 amide bonds. The molecule has 72 valence electrons. The molecular weight excluding hydrogens is 232 g/mol. The van der Waals surface area contributed by atoms with E-state index in [2.05, 4.69) is 22.9 Å². The molecule has 0 heterocycles. The normalized spacial score (nSPS) is 49.0. The second-order valence-corrected chi connectivity index (χ2v) is 5.23. The average Bonchev–Trinajstić information content (AvgIpc) is 2.44. The Morgan fingerprint density at radius 1 is 1.46 bits per heavy atom. The van der Waals surface area contributed by atoms with Crippen molar-refractivity contribution in [2.45, 2.75) is 26.7 Å². The molecule has 0 N–H and O–H groups in total. The third-order valence-corrected chi connectivity index (χ3v) is 5.45. The van der Waals surface area contributed by atoms with Gasteiger partial charge in [0.2, 0.25) is 11.6 Å². The molecule has 2 rings (SSSR count). The zero-order valence-corrected chi connectivity index (χ0v) is 9.48. The van der Waals surface area contributed by atoms with Crippen molar-refractivity contribution in [2.75, 3.05) is 5.33 Å². The Bertz CT molecular complexity index is 299. The first-order valence-corrected chi connectivity index (χ1v) is 5.74. The van der Waals surface area contributed by atoms with E-state index in [9.17, 15) is 9.59 Å². The smallest absolute Gasteiger partial charge is 0.205 e. The van der Waals surface area contributed by atoms with E-state index < -0.39 is 5.41 Å². The summed E-state index contributed by atoms with van der Waals surface area (Å²) in [7, 11) is 0. The van der Waals surface area contributed by atoms with Gasteiger partial charge in [-0.15, -0.1) is 0 Å². The van der Waals surface area contributed by atoms with Gasteiger partial charge in [-0.1, -0.05) is 29.8 Å². The number of alkyl halides is 1. The van der Waals surface area contributed by atoms with Gasteiger partial charge in [0.1, 0.15) is 0 Å². The van der Waals surface area contributed by atoms with Crippen LogP contribution >= 0.6 is 15.9 Å². The van der Waals surface area contributed by atoms with E-state index in [0.29, 0.717) is 0 Å². The highest BCUT2D eigenvalue weighted by Gasteiger charge is 2.67. The Balaban J connectivity index is 2.55. The molecule has 13 heavy (non-hydrogen) atoms. The summed E-state index contributed by atoms with van der Waals surface area (Å²) in [6.07, 6.45) is 1.77. The lowest BCUT2D eigenvalue weighted by molar-refractivity contribution is -0.141. The Morgan fingerprint density at radius 3 is 2.38 bits per heavy atom. The fourth-order valence-corrected chi connectivity index (χ4v) is 3.90. The third kappa shape index (κ3) is 0.797. The monoisotopic (exact) mass is 244 g/mol. The second kappa shape index (κ2) is 2.44. The highest BCUT2D eigenvalue weighted by atomic mass is 79.9. The number of ketones is 2. The molecule has 2 fully saturated rings. The van der Waals surface area contributed by atoms with Crippen LogP contribution < -0.4 is 0 Å². The molecule has 2 aliphatic rings. The molecule has 2 saturated carbocycles. The van der Waals surface area contributed by atoms with Crippen molar-refractivity contribution in [3.05, 3.63) is 0 Å². The van der Waals surface area contributed by atoms with Crippen LogP contribution in [0.2, 0.25) is 0 Å². The van der Waals surface area contributed by atoms with Crippen molar-refractivity contribution < 1.29 is 9.59 Å². The maximum atomic E-state index is 11.7. The number of rotatable bonds is 1. The van der Waals surface area contributed by atoms with Gasteiger partial charge in [0, 0.05) is 22.1 Å². The number of carbonyl (C=O) groups excluding carboxylic acids is 2. The topological polar surface area (TPSA) is 34.1 Å². The molecule has 0 aromatic rings. The number of fused-ring (bicyclic) bond motifs is 2. The molecule has 0 saturated heterocycles. The Labute approximate surface area is 86.2 Å². The number of Topliss-reactive ketones (excluding diaryl/α,β-unsaturated/α-hetero) is 2. The van der Waals surface area contributed by atoms with Gasteiger partial charge in [-0.05, 0) is 12.8 Å². The lowest BCUT2D eigenvalue weighted by Crippen LogP contribution is -2.36. The van der Waals surface area contributed by atoms with Crippen LogP contribution in [0.3, 0.4) is 0 Å². The summed E-state index contributed by atoms with van der Waals surface area (Å²) in [5, 5.41) is 0.749. The van der Waals surface area contributed by atoms with E-state index in [0.717, 1.165) is 18.2 Å². The predicted molar refractivity (Wildman–Crippen MR) is 52.7 cm³/mol. The van der Waals surface area contributed by atoms with E-state index in [1.54, 1.807) is 0 Å². The van der Waals surface area contributed by atoms with E-state index in [4.69, 9.17) is 0 Å². The first-order chi connectivity index (χ1) is 5.97. The van der Waals surface area contributed by atoms with Crippen LogP contribution in [-0.2, 0) is 9.59 Å². The first-order valence-electron chi connectivity index (χ1n) is 4.62. The van der Waals surface area contributed by atoms with Crippen LogP contribution in [-0.4, -0.2) is 16.9 Å². The fourth-order valence-electron chi connectivity index (χ4n) is 2.89. The average molecular weight is 245 g/mol. The molecule has 0 spiro atoms. The largest absolute Gasteiger partial charge is 0.291 e. The van der Waals surface area contributed by atoms with Crippen LogP contribution in [0.15, 0.2) is 0 Å². The number of hydrogen-bond donors (Lipinski definition) is 0. The first kappa shape index (κ1) is 9.38. The van der Waals surface area contributed by atoms with Crippen molar-refractivity contribution in [2.24, 2.45) is 16.7 Å². The molecule has 2 nitrogen and oxygen atoms in total. The predicted octanol–water partition coefficient (Wildman–Crippen LogP) is 1.96. The van der Waals surface area contributed by atoms with Crippen LogP contribution in [0.1, 0.15) is 26.7 Å². The van der Waals surface area contributed by atoms with E-state index in [-0.39, 0.29) is 22.9 Å². The van der Waals surface area contributed by atoms with E-state index in [1.165, 1.54) is 0 Å². The lowest BCUT2D eigenvalue weighted by Gasteiger charge is -2.33. The van der Waals surface area contributed by atoms with Gasteiger partial charge in [0.05, 0.1) is 0 Å². The van der Waals surface area contributed by atoms with Gasteiger partial charge in [-0.3, -0.25) is 9.59 Å². The van der Waals surface area contributed by atoms with Crippen molar-refractivity contribution in [1.82, 2.24) is 0 Å². The van der Waals surface area contributed by atoms with Crippen LogP contribution in [0, 0.1) is 16.7 Å². The summed E-state index contributed by atoms with van der Waals surface area (Å²) in [6.45, 7) is 4.00. The minimum atomic E-state index is -0.391. The maximum Gasteiger partial charge on any atom is 0.205 e. The van der Waals surface area contributed by atoms with Crippen molar-refractivity contribution in [1.29, 1.82) is 0 Å². The van der Waals surface area contributed by atoms with Gasteiger partial charge in [-0.25, -0.2) is 0 Å². The molecule has 0 aromatic carbocycles. The van der Waals surface area contributed by atoms with Gasteiger partial charge in [0.15, 0.2) is 0 Å². The highest BCUT2D eigenvalue weighted by molar-refractivity contribution is 9.09. The SMILES string of the molecule is C[C@]12CC[C@H](C(=O)C1=O)[C@]2(C)CBr. The van der Waals surface area contributed by atoms with E-state index >= 15 is 0 Å². The molecule has 0 aliphatic heterocycles. The molecule has 0 radical (unpaired) electrons. The molecule has 0 aromatic heterocycles. The number of hydrogen-bond acceptors (Lipinski definition) is 2. The lowest BCUT2D eigenvalue weighted by atomic mass is 9.70. The zero-order valence-electron chi connectivity index (χ0n) is 7.89. The molecule has 0 unspecified atom stereocenters. The Hall–Kier alpha value is -0.180. The second-order valence-electron chi connectivity index (χ2n) is 4.67. The van der Waals surface area contributed by atoms with Gasteiger partial charge in [-0.2, -0.15) is 0 Å². The molecule has 3 heteroatoms. The van der Waals surface area contributed by atoms with Crippen molar-refractivity contribution in [3.63, 3.8) is 0 Å². The summed E-state index contributed by atoms with van der Waals surface area (Å²) in [5.74, 6) is -0.286. The summed E-state index contributed by atoms with van der Waals surface area (Å²) >= 11 is 3.44. The summed E-state index contributed by atoms with van der Waals surface area (Å²) < 4.78 is 0. The van der Waals surface area contributed by atoms with Gasteiger partial charge < -0.3 is 0 Å². The standard InChI is InChI=1S/C10H13BrO2/c1-9-4-3-6(7(12)8(9)13)10(9,2)5-11/h6H,3-5H2,1-2H3/t6-,9+,10+/m1/s1. The molecule has 2 aliphatic carbocycles. The fraction of sp³-hybridized carbons (Fsp3) is 0.800. The summed E-state index contributed by atoms with van der Waals surface area (Å²) in [4.78, 5) is 23.3. The van der Waals surface area contributed by atoms with Crippen LogP contribution in [0.5, 0.6) is 0 Å². The highest BCUT2D eigenvalue weighted by Crippen LogP contribution is 2.62. The summed E-state index contributed by atoms with van der Waals surface area (Å²) in [5.41, 5.74) is -0.528. The van der Waals surface area contributed by atoms with Gasteiger partial charge >= 0.3 is 0 Å².